The third-order valence-electron chi connectivity index (χ3n) is 2.67. The Labute approximate surface area is 127 Å². The molecule has 0 saturated heterocycles. The number of nitrogens with zero attached hydrogens (tertiary/aromatic N) is 2. The standard InChI is InChI=1S/C13H20N2O3S2/c1-10-14-11(8-20-10)7-19-9-12(16)15(2)6-4-5-13(17)18-3/h8H,4-7,9H2,1-3H3. The van der Waals surface area contributed by atoms with Crippen LogP contribution in [0.25, 0.3) is 0 Å². The second kappa shape index (κ2) is 8.97. The number of thiazole rings is 1. The van der Waals surface area contributed by atoms with Crippen molar-refractivity contribution in [2.75, 3.05) is 26.5 Å². The highest BCUT2D eigenvalue weighted by Gasteiger charge is 2.10. The molecule has 20 heavy (non-hydrogen) atoms. The molecule has 0 aromatic carbocycles. The first kappa shape index (κ1) is 17.0. The predicted octanol–water partition coefficient (Wildman–Crippen LogP) is 2.10. The lowest BCUT2D eigenvalue weighted by atomic mass is 10.3. The molecule has 0 fully saturated rings. The van der Waals surface area contributed by atoms with E-state index in [2.05, 4.69) is 9.72 Å². The van der Waals surface area contributed by atoms with E-state index in [0.29, 0.717) is 25.1 Å². The van der Waals surface area contributed by atoms with Crippen LogP contribution in [0, 0.1) is 6.92 Å². The molecule has 1 amide bonds. The lowest BCUT2D eigenvalue weighted by Gasteiger charge is -2.16. The van der Waals surface area contributed by atoms with Gasteiger partial charge in [-0.3, -0.25) is 9.59 Å². The van der Waals surface area contributed by atoms with Gasteiger partial charge in [-0.05, 0) is 13.3 Å². The molecule has 0 unspecified atom stereocenters. The molecule has 1 rings (SSSR count). The monoisotopic (exact) mass is 316 g/mol. The summed E-state index contributed by atoms with van der Waals surface area (Å²) in [6.45, 7) is 2.55. The van der Waals surface area contributed by atoms with Crippen molar-refractivity contribution in [2.24, 2.45) is 0 Å². The Bertz CT molecular complexity index is 449. The zero-order chi connectivity index (χ0) is 15.0. The van der Waals surface area contributed by atoms with Gasteiger partial charge in [-0.15, -0.1) is 23.1 Å². The van der Waals surface area contributed by atoms with E-state index in [4.69, 9.17) is 0 Å². The van der Waals surface area contributed by atoms with Gasteiger partial charge in [0.05, 0.1) is 23.6 Å². The second-order valence-electron chi connectivity index (χ2n) is 4.35. The zero-order valence-electron chi connectivity index (χ0n) is 12.0. The summed E-state index contributed by atoms with van der Waals surface area (Å²) in [5, 5.41) is 3.07. The van der Waals surface area contributed by atoms with Gasteiger partial charge in [0.25, 0.3) is 0 Å². The van der Waals surface area contributed by atoms with Crippen LogP contribution in [0.5, 0.6) is 0 Å². The topological polar surface area (TPSA) is 59.5 Å². The van der Waals surface area contributed by atoms with Gasteiger partial charge in [0.15, 0.2) is 0 Å². The Kier molecular flexibility index (Phi) is 7.61. The molecule has 1 heterocycles. The molecule has 0 aliphatic carbocycles. The van der Waals surface area contributed by atoms with Gasteiger partial charge in [-0.25, -0.2) is 4.98 Å². The third kappa shape index (κ3) is 6.38. The van der Waals surface area contributed by atoms with Gasteiger partial charge >= 0.3 is 5.97 Å². The summed E-state index contributed by atoms with van der Waals surface area (Å²) in [5.74, 6) is 1.03. The fourth-order valence-corrected chi connectivity index (χ4v) is 3.09. The van der Waals surface area contributed by atoms with E-state index in [1.165, 1.54) is 7.11 Å². The number of carbonyl (C=O) groups is 2. The lowest BCUT2D eigenvalue weighted by Crippen LogP contribution is -2.29. The van der Waals surface area contributed by atoms with E-state index in [0.717, 1.165) is 16.5 Å². The number of aromatic nitrogens is 1. The van der Waals surface area contributed by atoms with Crippen LogP contribution in [0.15, 0.2) is 5.38 Å². The van der Waals surface area contributed by atoms with Crippen LogP contribution in [0.1, 0.15) is 23.5 Å². The maximum Gasteiger partial charge on any atom is 0.305 e. The molecule has 1 aromatic rings. The first-order valence-electron chi connectivity index (χ1n) is 6.32. The fraction of sp³-hybridized carbons (Fsp3) is 0.615. The SMILES string of the molecule is COC(=O)CCCN(C)C(=O)CSCc1csc(C)n1. The molecule has 0 radical (unpaired) electrons. The van der Waals surface area contributed by atoms with E-state index in [9.17, 15) is 9.59 Å². The minimum atomic E-state index is -0.237. The number of methoxy groups -OCH3 is 1. The third-order valence-corrected chi connectivity index (χ3v) is 4.44. The van der Waals surface area contributed by atoms with Crippen molar-refractivity contribution in [1.82, 2.24) is 9.88 Å². The number of ether oxygens (including phenoxy) is 1. The number of carbonyl (C=O) groups excluding carboxylic acids is 2. The molecule has 7 heteroatoms. The average molecular weight is 316 g/mol. The molecular formula is C13H20N2O3S2. The first-order valence-corrected chi connectivity index (χ1v) is 8.36. The van der Waals surface area contributed by atoms with Crippen LogP contribution in [-0.2, 0) is 20.1 Å². The van der Waals surface area contributed by atoms with E-state index in [1.54, 1.807) is 35.0 Å². The molecule has 0 atom stereocenters. The van der Waals surface area contributed by atoms with Crippen LogP contribution in [-0.4, -0.2) is 48.2 Å². The van der Waals surface area contributed by atoms with Gasteiger partial charge < -0.3 is 9.64 Å². The smallest absolute Gasteiger partial charge is 0.305 e. The summed E-state index contributed by atoms with van der Waals surface area (Å²) in [5.41, 5.74) is 1.03. The highest BCUT2D eigenvalue weighted by molar-refractivity contribution is 7.99. The summed E-state index contributed by atoms with van der Waals surface area (Å²) in [6.07, 6.45) is 0.976. The van der Waals surface area contributed by atoms with Crippen LogP contribution < -0.4 is 0 Å². The van der Waals surface area contributed by atoms with Crippen LogP contribution in [0.3, 0.4) is 0 Å². The quantitative estimate of drug-likeness (QED) is 0.687. The first-order chi connectivity index (χ1) is 9.52. The largest absolute Gasteiger partial charge is 0.469 e. The van der Waals surface area contributed by atoms with E-state index < -0.39 is 0 Å². The molecular weight excluding hydrogens is 296 g/mol. The highest BCUT2D eigenvalue weighted by Crippen LogP contribution is 2.15. The highest BCUT2D eigenvalue weighted by atomic mass is 32.2. The van der Waals surface area contributed by atoms with Gasteiger partial charge in [0.2, 0.25) is 5.91 Å². The molecule has 0 saturated carbocycles. The zero-order valence-corrected chi connectivity index (χ0v) is 13.7. The summed E-state index contributed by atoms with van der Waals surface area (Å²) in [6, 6.07) is 0. The van der Waals surface area contributed by atoms with Gasteiger partial charge in [0.1, 0.15) is 0 Å². The number of aryl methyl sites for hydroxylation is 1. The van der Waals surface area contributed by atoms with E-state index >= 15 is 0 Å². The number of esters is 1. The van der Waals surface area contributed by atoms with Crippen molar-refractivity contribution in [2.45, 2.75) is 25.5 Å². The van der Waals surface area contributed by atoms with Crippen molar-refractivity contribution >= 4 is 35.0 Å². The van der Waals surface area contributed by atoms with Crippen LogP contribution in [0.2, 0.25) is 0 Å². The summed E-state index contributed by atoms with van der Waals surface area (Å²) in [7, 11) is 3.13. The van der Waals surface area contributed by atoms with Crippen LogP contribution in [0.4, 0.5) is 0 Å². The molecule has 0 spiro atoms. The number of thioether (sulfide) groups is 1. The molecule has 112 valence electrons. The Morgan fingerprint density at radius 3 is 2.85 bits per heavy atom. The van der Waals surface area contributed by atoms with E-state index in [-0.39, 0.29) is 11.9 Å². The molecule has 1 aromatic heterocycles. The molecule has 0 bridgehead atoms. The summed E-state index contributed by atoms with van der Waals surface area (Å²) < 4.78 is 4.56. The van der Waals surface area contributed by atoms with Crippen molar-refractivity contribution < 1.29 is 14.3 Å². The Morgan fingerprint density at radius 2 is 2.25 bits per heavy atom. The van der Waals surface area contributed by atoms with Crippen LogP contribution >= 0.6 is 23.1 Å². The van der Waals surface area contributed by atoms with Crippen molar-refractivity contribution in [3.05, 3.63) is 16.1 Å². The van der Waals surface area contributed by atoms with Crippen molar-refractivity contribution in [3.8, 4) is 0 Å². The minimum Gasteiger partial charge on any atom is -0.469 e. The summed E-state index contributed by atoms with van der Waals surface area (Å²) in [4.78, 5) is 28.8. The van der Waals surface area contributed by atoms with Gasteiger partial charge in [-0.2, -0.15) is 0 Å². The minimum absolute atomic E-state index is 0.0758. The number of hydrogen-bond acceptors (Lipinski definition) is 6. The molecule has 0 aliphatic rings. The molecule has 0 aliphatic heterocycles. The average Bonchev–Trinajstić information content (AvgIpc) is 2.83. The molecule has 5 nitrogen and oxygen atoms in total. The Hall–Kier alpha value is -1.08. The fourth-order valence-electron chi connectivity index (χ4n) is 1.51. The molecule has 0 N–H and O–H groups in total. The summed E-state index contributed by atoms with van der Waals surface area (Å²) >= 11 is 3.18. The van der Waals surface area contributed by atoms with Crippen molar-refractivity contribution in [1.29, 1.82) is 0 Å². The number of amides is 1. The lowest BCUT2D eigenvalue weighted by molar-refractivity contribution is -0.141. The number of rotatable bonds is 8. The van der Waals surface area contributed by atoms with Gasteiger partial charge in [-0.1, -0.05) is 0 Å². The van der Waals surface area contributed by atoms with E-state index in [1.807, 2.05) is 12.3 Å². The Balaban J connectivity index is 2.16. The maximum atomic E-state index is 11.9. The number of hydrogen-bond donors (Lipinski definition) is 0. The van der Waals surface area contributed by atoms with Gasteiger partial charge in [0, 0.05) is 31.1 Å². The predicted molar refractivity (Wildman–Crippen MR) is 81.9 cm³/mol. The second-order valence-corrected chi connectivity index (χ2v) is 6.39. The normalized spacial score (nSPS) is 10.3. The maximum absolute atomic E-state index is 11.9. The Morgan fingerprint density at radius 1 is 1.50 bits per heavy atom. The van der Waals surface area contributed by atoms with Crippen molar-refractivity contribution in [3.63, 3.8) is 0 Å².